The molecule has 0 spiro atoms. The van der Waals surface area contributed by atoms with Gasteiger partial charge >= 0.3 is 0 Å². The van der Waals surface area contributed by atoms with Crippen molar-refractivity contribution in [2.24, 2.45) is 5.73 Å². The molecule has 1 saturated carbocycles. The van der Waals surface area contributed by atoms with E-state index in [1.807, 2.05) is 12.1 Å². The van der Waals surface area contributed by atoms with Crippen LogP contribution in [0.4, 0.5) is 0 Å². The van der Waals surface area contributed by atoms with Gasteiger partial charge in [0.05, 0.1) is 14.2 Å². The predicted octanol–water partition coefficient (Wildman–Crippen LogP) is 3.21. The minimum Gasteiger partial charge on any atom is -0.496 e. The molecule has 1 fully saturated rings. The summed E-state index contributed by atoms with van der Waals surface area (Å²) in [6.07, 6.45) is 3.54. The Hall–Kier alpha value is -1.22. The number of nitrogens with two attached hydrogens (primary N) is 1. The summed E-state index contributed by atoms with van der Waals surface area (Å²) in [4.78, 5) is 0. The SMILES string of the molecule is COc1ccc(OC)c(C2(CN)CCC2)c1C(C)C. The molecule has 1 aliphatic rings. The van der Waals surface area contributed by atoms with Crippen molar-refractivity contribution in [3.05, 3.63) is 23.3 Å². The highest BCUT2D eigenvalue weighted by atomic mass is 16.5. The second kappa shape index (κ2) is 5.41. The third kappa shape index (κ3) is 2.20. The van der Waals surface area contributed by atoms with Gasteiger partial charge in [-0.2, -0.15) is 0 Å². The molecule has 0 unspecified atom stereocenters. The Kier molecular flexibility index (Phi) is 4.04. The van der Waals surface area contributed by atoms with Gasteiger partial charge in [-0.05, 0) is 30.9 Å². The van der Waals surface area contributed by atoms with Crippen molar-refractivity contribution >= 4 is 0 Å². The van der Waals surface area contributed by atoms with E-state index in [-0.39, 0.29) is 5.41 Å². The van der Waals surface area contributed by atoms with Crippen molar-refractivity contribution < 1.29 is 9.47 Å². The van der Waals surface area contributed by atoms with Gasteiger partial charge in [0, 0.05) is 23.1 Å². The molecule has 1 aromatic carbocycles. The van der Waals surface area contributed by atoms with Gasteiger partial charge in [-0.15, -0.1) is 0 Å². The van der Waals surface area contributed by atoms with Crippen LogP contribution in [0.2, 0.25) is 0 Å². The lowest BCUT2D eigenvalue weighted by atomic mass is 9.62. The molecule has 0 amide bonds. The normalized spacial score (nSPS) is 17.2. The van der Waals surface area contributed by atoms with Crippen LogP contribution < -0.4 is 15.2 Å². The smallest absolute Gasteiger partial charge is 0.123 e. The summed E-state index contributed by atoms with van der Waals surface area (Å²) in [6, 6.07) is 4.01. The highest BCUT2D eigenvalue weighted by Crippen LogP contribution is 2.51. The number of benzene rings is 1. The monoisotopic (exact) mass is 263 g/mol. The lowest BCUT2D eigenvalue weighted by Gasteiger charge is -2.44. The van der Waals surface area contributed by atoms with Crippen LogP contribution in [-0.4, -0.2) is 20.8 Å². The summed E-state index contributed by atoms with van der Waals surface area (Å²) in [5, 5.41) is 0. The van der Waals surface area contributed by atoms with Crippen molar-refractivity contribution in [1.82, 2.24) is 0 Å². The van der Waals surface area contributed by atoms with Gasteiger partial charge in [0.15, 0.2) is 0 Å². The van der Waals surface area contributed by atoms with Crippen LogP contribution in [0.5, 0.6) is 11.5 Å². The Labute approximate surface area is 116 Å². The van der Waals surface area contributed by atoms with E-state index in [4.69, 9.17) is 15.2 Å². The molecule has 2 rings (SSSR count). The molecule has 0 radical (unpaired) electrons. The third-order valence-electron chi connectivity index (χ3n) is 4.42. The molecule has 0 saturated heterocycles. The number of hydrogen-bond donors (Lipinski definition) is 1. The number of rotatable bonds is 5. The zero-order valence-corrected chi connectivity index (χ0v) is 12.5. The van der Waals surface area contributed by atoms with E-state index in [2.05, 4.69) is 13.8 Å². The van der Waals surface area contributed by atoms with Gasteiger partial charge in [-0.1, -0.05) is 20.3 Å². The maximum atomic E-state index is 6.09. The van der Waals surface area contributed by atoms with E-state index in [1.54, 1.807) is 14.2 Å². The zero-order chi connectivity index (χ0) is 14.0. The molecule has 3 nitrogen and oxygen atoms in total. The topological polar surface area (TPSA) is 44.5 Å². The lowest BCUT2D eigenvalue weighted by Crippen LogP contribution is -2.42. The minimum absolute atomic E-state index is 0.0828. The van der Waals surface area contributed by atoms with Crippen LogP contribution >= 0.6 is 0 Å². The van der Waals surface area contributed by atoms with Gasteiger partial charge in [-0.25, -0.2) is 0 Å². The van der Waals surface area contributed by atoms with E-state index >= 15 is 0 Å². The average Bonchev–Trinajstić information content (AvgIpc) is 2.37. The first kappa shape index (κ1) is 14.2. The van der Waals surface area contributed by atoms with Crippen LogP contribution in [0.3, 0.4) is 0 Å². The highest BCUT2D eigenvalue weighted by Gasteiger charge is 2.42. The zero-order valence-electron chi connectivity index (χ0n) is 12.5. The quantitative estimate of drug-likeness (QED) is 0.887. The first-order chi connectivity index (χ1) is 9.09. The highest BCUT2D eigenvalue weighted by molar-refractivity contribution is 5.55. The fraction of sp³-hybridized carbons (Fsp3) is 0.625. The molecule has 1 aliphatic carbocycles. The van der Waals surface area contributed by atoms with Gasteiger partial charge in [0.2, 0.25) is 0 Å². The first-order valence-corrected chi connectivity index (χ1v) is 7.05. The Morgan fingerprint density at radius 3 is 2.11 bits per heavy atom. The van der Waals surface area contributed by atoms with Crippen molar-refractivity contribution in [2.75, 3.05) is 20.8 Å². The van der Waals surface area contributed by atoms with Crippen molar-refractivity contribution in [1.29, 1.82) is 0 Å². The summed E-state index contributed by atoms with van der Waals surface area (Å²) in [5.41, 5.74) is 8.70. The minimum atomic E-state index is 0.0828. The fourth-order valence-corrected chi connectivity index (χ4v) is 3.21. The average molecular weight is 263 g/mol. The summed E-state index contributed by atoms with van der Waals surface area (Å²) < 4.78 is 11.2. The molecule has 19 heavy (non-hydrogen) atoms. The van der Waals surface area contributed by atoms with E-state index in [0.717, 1.165) is 24.3 Å². The number of hydrogen-bond acceptors (Lipinski definition) is 3. The summed E-state index contributed by atoms with van der Waals surface area (Å²) in [6.45, 7) is 5.07. The molecule has 2 N–H and O–H groups in total. The summed E-state index contributed by atoms with van der Waals surface area (Å²) in [7, 11) is 3.46. The molecule has 1 aromatic rings. The summed E-state index contributed by atoms with van der Waals surface area (Å²) >= 11 is 0. The van der Waals surface area contributed by atoms with Gasteiger partial charge < -0.3 is 15.2 Å². The van der Waals surface area contributed by atoms with E-state index < -0.39 is 0 Å². The number of methoxy groups -OCH3 is 2. The molecule has 0 heterocycles. The van der Waals surface area contributed by atoms with Crippen LogP contribution in [-0.2, 0) is 5.41 Å². The summed E-state index contributed by atoms with van der Waals surface area (Å²) in [5.74, 6) is 2.30. The van der Waals surface area contributed by atoms with Gasteiger partial charge in [0.25, 0.3) is 0 Å². The van der Waals surface area contributed by atoms with Gasteiger partial charge in [-0.3, -0.25) is 0 Å². The Bertz CT molecular complexity index is 445. The van der Waals surface area contributed by atoms with Crippen molar-refractivity contribution in [2.45, 2.75) is 44.4 Å². The third-order valence-corrected chi connectivity index (χ3v) is 4.42. The van der Waals surface area contributed by atoms with Crippen LogP contribution in [0, 0.1) is 0 Å². The molecule has 3 heteroatoms. The molecule has 0 bridgehead atoms. The maximum absolute atomic E-state index is 6.09. The molecule has 0 aliphatic heterocycles. The van der Waals surface area contributed by atoms with Crippen LogP contribution in [0.1, 0.15) is 50.2 Å². The van der Waals surface area contributed by atoms with Crippen LogP contribution in [0.25, 0.3) is 0 Å². The molecular formula is C16H25NO2. The Balaban J connectivity index is 2.66. The van der Waals surface area contributed by atoms with Gasteiger partial charge in [0.1, 0.15) is 11.5 Å². The van der Waals surface area contributed by atoms with E-state index in [0.29, 0.717) is 12.5 Å². The molecule has 106 valence electrons. The maximum Gasteiger partial charge on any atom is 0.123 e. The second-order valence-electron chi connectivity index (χ2n) is 5.75. The number of ether oxygens (including phenoxy) is 2. The largest absolute Gasteiger partial charge is 0.496 e. The molecule has 0 aromatic heterocycles. The molecule has 0 atom stereocenters. The van der Waals surface area contributed by atoms with Crippen LogP contribution in [0.15, 0.2) is 12.1 Å². The Morgan fingerprint density at radius 1 is 1.16 bits per heavy atom. The van der Waals surface area contributed by atoms with Crippen molar-refractivity contribution in [3.8, 4) is 11.5 Å². The lowest BCUT2D eigenvalue weighted by molar-refractivity contribution is 0.239. The first-order valence-electron chi connectivity index (χ1n) is 7.05. The van der Waals surface area contributed by atoms with E-state index in [9.17, 15) is 0 Å². The molecular weight excluding hydrogens is 238 g/mol. The predicted molar refractivity (Wildman–Crippen MR) is 78.2 cm³/mol. The fourth-order valence-electron chi connectivity index (χ4n) is 3.21. The standard InChI is InChI=1S/C16H25NO2/c1-11(2)14-12(18-3)6-7-13(19-4)15(14)16(10-17)8-5-9-16/h6-7,11H,5,8-10,17H2,1-4H3. The van der Waals surface area contributed by atoms with Crippen molar-refractivity contribution in [3.63, 3.8) is 0 Å². The second-order valence-corrected chi connectivity index (χ2v) is 5.75. The van der Waals surface area contributed by atoms with E-state index in [1.165, 1.54) is 17.5 Å². The Morgan fingerprint density at radius 2 is 1.74 bits per heavy atom.